The zero-order valence-electron chi connectivity index (χ0n) is 11.7. The maximum Gasteiger partial charge on any atom is 0.251 e. The van der Waals surface area contributed by atoms with Crippen molar-refractivity contribution in [2.75, 3.05) is 0 Å². The maximum absolute atomic E-state index is 12.0. The second kappa shape index (κ2) is 6.09. The molecule has 5 N–H and O–H groups in total. The first-order valence-electron chi connectivity index (χ1n) is 6.51. The van der Waals surface area contributed by atoms with Crippen molar-refractivity contribution < 1.29 is 4.79 Å². The molecule has 1 radical (unpaired) electrons. The monoisotopic (exact) mass is 281 g/mol. The standard InChI is InChI=1S/C16H17N4O/c1-10-3-2-4-12(7-10)16(21)20-9-13-6-5-11(15(18)19)8-14(13)17/h2-8,17H,9H2,1H3,(H3,18,19)(H,20,21). The van der Waals surface area contributed by atoms with Gasteiger partial charge in [-0.3, -0.25) is 10.2 Å². The van der Waals surface area contributed by atoms with Gasteiger partial charge in [0.15, 0.2) is 0 Å². The van der Waals surface area contributed by atoms with E-state index in [9.17, 15) is 4.79 Å². The van der Waals surface area contributed by atoms with Gasteiger partial charge in [-0.1, -0.05) is 29.8 Å². The fraction of sp³-hybridized carbons (Fsp3) is 0.125. The molecule has 2 aromatic carbocycles. The maximum atomic E-state index is 12.0. The molecule has 0 aromatic heterocycles. The van der Waals surface area contributed by atoms with E-state index in [2.05, 4.69) is 5.32 Å². The molecule has 0 spiro atoms. The van der Waals surface area contributed by atoms with Crippen molar-refractivity contribution in [2.24, 2.45) is 5.73 Å². The molecule has 21 heavy (non-hydrogen) atoms. The van der Waals surface area contributed by atoms with Crippen molar-refractivity contribution in [1.82, 2.24) is 11.1 Å². The van der Waals surface area contributed by atoms with Crippen LogP contribution < -0.4 is 16.8 Å². The molecular weight excluding hydrogens is 264 g/mol. The number of nitrogens with two attached hydrogens (primary N) is 1. The van der Waals surface area contributed by atoms with E-state index >= 15 is 0 Å². The lowest BCUT2D eigenvalue weighted by molar-refractivity contribution is 0.0951. The first-order chi connectivity index (χ1) is 9.97. The van der Waals surface area contributed by atoms with Gasteiger partial charge in [-0.05, 0) is 30.7 Å². The van der Waals surface area contributed by atoms with Gasteiger partial charge in [0.25, 0.3) is 5.91 Å². The fourth-order valence-electron chi connectivity index (χ4n) is 1.96. The Kier molecular flexibility index (Phi) is 4.23. The molecule has 107 valence electrons. The highest BCUT2D eigenvalue weighted by atomic mass is 16.1. The van der Waals surface area contributed by atoms with Crippen molar-refractivity contribution in [3.8, 4) is 0 Å². The lowest BCUT2D eigenvalue weighted by atomic mass is 10.1. The van der Waals surface area contributed by atoms with E-state index in [1.54, 1.807) is 18.2 Å². The second-order valence-electron chi connectivity index (χ2n) is 4.84. The quantitative estimate of drug-likeness (QED) is 0.590. The zero-order chi connectivity index (χ0) is 15.4. The van der Waals surface area contributed by atoms with Gasteiger partial charge in [-0.15, -0.1) is 0 Å². The minimum absolute atomic E-state index is 0.0705. The number of rotatable bonds is 4. The van der Waals surface area contributed by atoms with Crippen LogP contribution in [0.4, 0.5) is 5.69 Å². The number of amides is 1. The number of carbonyl (C=O) groups is 1. The summed E-state index contributed by atoms with van der Waals surface area (Å²) < 4.78 is 0. The summed E-state index contributed by atoms with van der Waals surface area (Å²) in [6.45, 7) is 2.20. The van der Waals surface area contributed by atoms with Crippen LogP contribution in [0.1, 0.15) is 27.0 Å². The van der Waals surface area contributed by atoms with Gasteiger partial charge >= 0.3 is 0 Å². The molecule has 2 aromatic rings. The third-order valence-corrected chi connectivity index (χ3v) is 3.14. The molecule has 0 aliphatic heterocycles. The predicted molar refractivity (Wildman–Crippen MR) is 82.6 cm³/mol. The van der Waals surface area contributed by atoms with E-state index < -0.39 is 0 Å². The molecule has 5 nitrogen and oxygen atoms in total. The average molecular weight is 281 g/mol. The Morgan fingerprint density at radius 2 is 1.95 bits per heavy atom. The number of hydrogen-bond donors (Lipinski definition) is 3. The molecule has 0 atom stereocenters. The number of aryl methyl sites for hydroxylation is 1. The van der Waals surface area contributed by atoms with E-state index in [4.69, 9.17) is 16.9 Å². The molecule has 0 aliphatic carbocycles. The number of nitrogens with one attached hydrogen (secondary N) is 3. The molecule has 0 unspecified atom stereocenters. The van der Waals surface area contributed by atoms with Gasteiger partial charge in [0.2, 0.25) is 0 Å². The number of carbonyl (C=O) groups excluding carboxylic acids is 1. The van der Waals surface area contributed by atoms with Gasteiger partial charge in [-0.2, -0.15) is 0 Å². The molecule has 0 fully saturated rings. The van der Waals surface area contributed by atoms with Crippen LogP contribution in [0.2, 0.25) is 0 Å². The Labute approximate surface area is 123 Å². The van der Waals surface area contributed by atoms with Crippen molar-refractivity contribution in [3.05, 3.63) is 64.7 Å². The van der Waals surface area contributed by atoms with Crippen LogP contribution in [-0.4, -0.2) is 11.7 Å². The largest absolute Gasteiger partial charge is 0.384 e. The summed E-state index contributed by atoms with van der Waals surface area (Å²) in [5.41, 5.74) is 16.3. The first-order valence-corrected chi connectivity index (χ1v) is 6.51. The van der Waals surface area contributed by atoms with E-state index in [1.165, 1.54) is 6.07 Å². The molecular formula is C16H17N4O. The summed E-state index contributed by atoms with van der Waals surface area (Å²) in [6, 6.07) is 12.2. The van der Waals surface area contributed by atoms with Crippen LogP contribution in [0.25, 0.3) is 0 Å². The molecule has 0 heterocycles. The van der Waals surface area contributed by atoms with Crippen LogP contribution in [0.5, 0.6) is 0 Å². The second-order valence-corrected chi connectivity index (χ2v) is 4.84. The summed E-state index contributed by atoms with van der Waals surface area (Å²) >= 11 is 0. The number of hydrogen-bond acceptors (Lipinski definition) is 2. The van der Waals surface area contributed by atoms with Crippen LogP contribution in [0, 0.1) is 12.3 Å². The molecule has 0 saturated heterocycles. The Morgan fingerprint density at radius 3 is 2.57 bits per heavy atom. The molecule has 5 heteroatoms. The van der Waals surface area contributed by atoms with Crippen molar-refractivity contribution in [2.45, 2.75) is 13.5 Å². The highest BCUT2D eigenvalue weighted by Crippen LogP contribution is 2.15. The third-order valence-electron chi connectivity index (χ3n) is 3.14. The molecule has 0 saturated carbocycles. The lowest BCUT2D eigenvalue weighted by Gasteiger charge is -2.09. The molecule has 0 bridgehead atoms. The van der Waals surface area contributed by atoms with Gasteiger partial charge in [0.05, 0.1) is 5.69 Å². The SMILES string of the molecule is Cc1cccc(C(=O)NCc2ccc(C(=N)N)cc2[NH])c1. The van der Waals surface area contributed by atoms with E-state index in [0.717, 1.165) is 5.56 Å². The Morgan fingerprint density at radius 1 is 1.19 bits per heavy atom. The number of benzene rings is 2. The smallest absolute Gasteiger partial charge is 0.251 e. The zero-order valence-corrected chi connectivity index (χ0v) is 11.7. The topological polar surface area (TPSA) is 103 Å². The highest BCUT2D eigenvalue weighted by molar-refractivity contribution is 5.96. The fourth-order valence-corrected chi connectivity index (χ4v) is 1.96. The van der Waals surface area contributed by atoms with Crippen molar-refractivity contribution in [1.29, 1.82) is 5.41 Å². The Balaban J connectivity index is 2.06. The van der Waals surface area contributed by atoms with Crippen LogP contribution >= 0.6 is 0 Å². The van der Waals surface area contributed by atoms with E-state index in [1.807, 2.05) is 25.1 Å². The summed E-state index contributed by atoms with van der Waals surface area (Å²) in [5, 5.41) is 10.1. The van der Waals surface area contributed by atoms with Gasteiger partial charge in [0, 0.05) is 17.7 Å². The normalized spacial score (nSPS) is 10.1. The van der Waals surface area contributed by atoms with Crippen molar-refractivity contribution >= 4 is 17.4 Å². The lowest BCUT2D eigenvalue weighted by Crippen LogP contribution is -2.23. The average Bonchev–Trinajstić information content (AvgIpc) is 2.45. The Hall–Kier alpha value is -2.82. The third kappa shape index (κ3) is 3.60. The van der Waals surface area contributed by atoms with Crippen molar-refractivity contribution in [3.63, 3.8) is 0 Å². The van der Waals surface area contributed by atoms with E-state index in [0.29, 0.717) is 16.7 Å². The Bertz CT molecular complexity index is 694. The highest BCUT2D eigenvalue weighted by Gasteiger charge is 2.08. The molecule has 0 aliphatic rings. The summed E-state index contributed by atoms with van der Waals surface area (Å²) in [5.74, 6) is -0.243. The van der Waals surface area contributed by atoms with Crippen LogP contribution in [0.15, 0.2) is 42.5 Å². The van der Waals surface area contributed by atoms with E-state index in [-0.39, 0.29) is 24.0 Å². The number of nitrogen functional groups attached to an aromatic ring is 1. The summed E-state index contributed by atoms with van der Waals surface area (Å²) in [7, 11) is 0. The first kappa shape index (κ1) is 14.6. The van der Waals surface area contributed by atoms with Crippen LogP contribution in [-0.2, 0) is 6.54 Å². The predicted octanol–water partition coefficient (Wildman–Crippen LogP) is 2.12. The van der Waals surface area contributed by atoms with Crippen LogP contribution in [0.3, 0.4) is 0 Å². The van der Waals surface area contributed by atoms with Gasteiger partial charge in [0.1, 0.15) is 5.84 Å². The molecule has 2 rings (SSSR count). The minimum atomic E-state index is -0.172. The summed E-state index contributed by atoms with van der Waals surface area (Å²) in [4.78, 5) is 12.0. The summed E-state index contributed by atoms with van der Waals surface area (Å²) in [6.07, 6.45) is 0. The number of amidine groups is 1. The minimum Gasteiger partial charge on any atom is -0.384 e. The molecule has 1 amide bonds. The van der Waals surface area contributed by atoms with Gasteiger partial charge in [-0.25, -0.2) is 0 Å². The van der Waals surface area contributed by atoms with Gasteiger partial charge < -0.3 is 16.8 Å².